The summed E-state index contributed by atoms with van der Waals surface area (Å²) in [5.41, 5.74) is 3.64. The zero-order chi connectivity index (χ0) is 18.8. The summed E-state index contributed by atoms with van der Waals surface area (Å²) in [5.74, 6) is 1.72. The van der Waals surface area contributed by atoms with Crippen LogP contribution in [0.25, 0.3) is 11.5 Å². The van der Waals surface area contributed by atoms with Crippen LogP contribution in [0.1, 0.15) is 41.5 Å². The number of likely N-dealkylation sites (tertiary alicyclic amines) is 1. The summed E-state index contributed by atoms with van der Waals surface area (Å²) >= 11 is 0. The third-order valence-corrected chi connectivity index (χ3v) is 5.08. The minimum absolute atomic E-state index is 0.132. The molecule has 140 valence electrons. The van der Waals surface area contributed by atoms with Crippen LogP contribution in [0, 0.1) is 19.7 Å². The summed E-state index contributed by atoms with van der Waals surface area (Å²) in [4.78, 5) is 19.2. The summed E-state index contributed by atoms with van der Waals surface area (Å²) < 4.78 is 14.0. The van der Waals surface area contributed by atoms with Crippen LogP contribution in [0.5, 0.6) is 0 Å². The third-order valence-electron chi connectivity index (χ3n) is 5.08. The number of benzene rings is 1. The van der Waals surface area contributed by atoms with Gasteiger partial charge in [0.2, 0.25) is 0 Å². The molecule has 0 bridgehead atoms. The maximum atomic E-state index is 14.0. The van der Waals surface area contributed by atoms with Gasteiger partial charge >= 0.3 is 0 Å². The molecular weight excluding hydrogens is 341 g/mol. The number of halogens is 1. The van der Waals surface area contributed by atoms with Crippen LogP contribution in [-0.2, 0) is 6.54 Å². The van der Waals surface area contributed by atoms with E-state index in [4.69, 9.17) is 4.98 Å². The average molecular weight is 365 g/mol. The lowest BCUT2D eigenvalue weighted by molar-refractivity contribution is 0.196. The van der Waals surface area contributed by atoms with E-state index in [-0.39, 0.29) is 5.82 Å². The Bertz CT molecular complexity index is 936. The highest BCUT2D eigenvalue weighted by Crippen LogP contribution is 2.28. The first-order valence-corrected chi connectivity index (χ1v) is 9.42. The van der Waals surface area contributed by atoms with Gasteiger partial charge in [-0.2, -0.15) is 0 Å². The van der Waals surface area contributed by atoms with Crippen LogP contribution < -0.4 is 0 Å². The second-order valence-electron chi connectivity index (χ2n) is 7.31. The summed E-state index contributed by atoms with van der Waals surface area (Å²) in [6.45, 7) is 6.40. The lowest BCUT2D eigenvalue weighted by atomic mass is 9.93. The number of nitrogens with zero attached hydrogens (tertiary/aromatic N) is 4. The first-order valence-electron chi connectivity index (χ1n) is 9.42. The fraction of sp³-hybridized carbons (Fsp3) is 0.381. The second-order valence-corrected chi connectivity index (χ2v) is 7.31. The van der Waals surface area contributed by atoms with Crippen molar-refractivity contribution in [1.29, 1.82) is 0 Å². The molecule has 1 atom stereocenters. The number of hydrogen-bond acceptors (Lipinski definition) is 4. The highest BCUT2D eigenvalue weighted by molar-refractivity contribution is 5.50. The maximum Gasteiger partial charge on any atom is 0.156 e. The predicted octanol–water partition coefficient (Wildman–Crippen LogP) is 4.00. The van der Waals surface area contributed by atoms with E-state index in [0.717, 1.165) is 60.2 Å². The Kier molecular flexibility index (Phi) is 4.99. The van der Waals surface area contributed by atoms with E-state index in [1.807, 2.05) is 38.2 Å². The molecule has 2 aromatic heterocycles. The van der Waals surface area contributed by atoms with Crippen LogP contribution in [0.3, 0.4) is 0 Å². The van der Waals surface area contributed by atoms with Crippen LogP contribution in [-0.4, -0.2) is 37.9 Å². The molecule has 1 saturated heterocycles. The molecule has 1 fully saturated rings. The molecule has 5 nitrogen and oxygen atoms in total. The van der Waals surface area contributed by atoms with E-state index < -0.39 is 0 Å². The maximum absolute atomic E-state index is 14.0. The molecule has 0 spiro atoms. The van der Waals surface area contributed by atoms with Gasteiger partial charge < -0.3 is 4.98 Å². The van der Waals surface area contributed by atoms with Gasteiger partial charge in [-0.1, -0.05) is 18.2 Å². The Morgan fingerprint density at radius 2 is 2.07 bits per heavy atom. The smallest absolute Gasteiger partial charge is 0.156 e. The fourth-order valence-electron chi connectivity index (χ4n) is 3.77. The van der Waals surface area contributed by atoms with Gasteiger partial charge in [-0.3, -0.25) is 4.90 Å². The summed E-state index contributed by atoms with van der Waals surface area (Å²) in [7, 11) is 0. The van der Waals surface area contributed by atoms with Gasteiger partial charge in [-0.25, -0.2) is 19.3 Å². The number of nitrogens with one attached hydrogen (secondary N) is 1. The molecule has 3 aromatic rings. The summed E-state index contributed by atoms with van der Waals surface area (Å²) in [6, 6.07) is 9.07. The first-order chi connectivity index (χ1) is 13.1. The summed E-state index contributed by atoms with van der Waals surface area (Å²) in [5, 5.41) is 0. The van der Waals surface area contributed by atoms with Crippen LogP contribution >= 0.6 is 0 Å². The first kappa shape index (κ1) is 17.8. The standard InChI is InChI=1S/C21H24FN5/c1-14-11-23-21(24-14)20-10-19(25-15(2)26-20)17-7-5-9-27(13-17)12-16-6-3-4-8-18(16)22/h3-4,6,8,10-11,17H,5,7,9,12-13H2,1-2H3,(H,23,24). The highest BCUT2D eigenvalue weighted by atomic mass is 19.1. The molecular formula is C21H24FN5. The van der Waals surface area contributed by atoms with E-state index in [2.05, 4.69) is 19.9 Å². The number of aryl methyl sites for hydroxylation is 2. The SMILES string of the molecule is Cc1nc(-c2ncc(C)[nH]2)cc(C2CCCN(Cc3ccccc3F)C2)n1. The van der Waals surface area contributed by atoms with Crippen LogP contribution in [0.4, 0.5) is 4.39 Å². The van der Waals surface area contributed by atoms with Crippen molar-refractivity contribution in [2.45, 2.75) is 39.2 Å². The third kappa shape index (κ3) is 4.06. The van der Waals surface area contributed by atoms with Crippen molar-refractivity contribution in [1.82, 2.24) is 24.8 Å². The minimum atomic E-state index is -0.132. The molecule has 1 N–H and O–H groups in total. The topological polar surface area (TPSA) is 57.7 Å². The van der Waals surface area contributed by atoms with Gasteiger partial charge in [0.05, 0.1) is 0 Å². The van der Waals surface area contributed by atoms with Gasteiger partial charge in [0.1, 0.15) is 17.3 Å². The quantitative estimate of drug-likeness (QED) is 0.759. The molecule has 27 heavy (non-hydrogen) atoms. The zero-order valence-corrected chi connectivity index (χ0v) is 15.7. The van der Waals surface area contributed by atoms with Gasteiger partial charge in [-0.05, 0) is 45.4 Å². The Hall–Kier alpha value is -2.60. The molecule has 1 aliphatic rings. The Morgan fingerprint density at radius 3 is 2.85 bits per heavy atom. The van der Waals surface area contributed by atoms with E-state index in [9.17, 15) is 4.39 Å². The van der Waals surface area contributed by atoms with Gasteiger partial charge in [-0.15, -0.1) is 0 Å². The van der Waals surface area contributed by atoms with E-state index in [1.165, 1.54) is 6.07 Å². The fourth-order valence-corrected chi connectivity index (χ4v) is 3.77. The number of rotatable bonds is 4. The minimum Gasteiger partial charge on any atom is -0.341 e. The largest absolute Gasteiger partial charge is 0.341 e. The summed E-state index contributed by atoms with van der Waals surface area (Å²) in [6.07, 6.45) is 3.97. The predicted molar refractivity (Wildman–Crippen MR) is 103 cm³/mol. The van der Waals surface area contributed by atoms with Gasteiger partial charge in [0.15, 0.2) is 5.82 Å². The molecule has 6 heteroatoms. The number of aromatic amines is 1. The van der Waals surface area contributed by atoms with Crippen molar-refractivity contribution < 1.29 is 4.39 Å². The van der Waals surface area contributed by atoms with Gasteiger partial charge in [0.25, 0.3) is 0 Å². The Morgan fingerprint density at radius 1 is 1.22 bits per heavy atom. The number of imidazole rings is 1. The Balaban J connectivity index is 1.54. The van der Waals surface area contributed by atoms with Crippen LogP contribution in [0.2, 0.25) is 0 Å². The molecule has 1 aromatic carbocycles. The Labute approximate surface area is 158 Å². The van der Waals surface area contributed by atoms with Crippen LogP contribution in [0.15, 0.2) is 36.5 Å². The van der Waals surface area contributed by atoms with Crippen molar-refractivity contribution in [3.8, 4) is 11.5 Å². The lowest BCUT2D eigenvalue weighted by Crippen LogP contribution is -2.34. The molecule has 1 aliphatic heterocycles. The molecule has 4 rings (SSSR count). The molecule has 3 heterocycles. The van der Waals surface area contributed by atoms with E-state index in [1.54, 1.807) is 6.07 Å². The van der Waals surface area contributed by atoms with Crippen molar-refractivity contribution in [3.63, 3.8) is 0 Å². The molecule has 0 amide bonds. The molecule has 0 radical (unpaired) electrons. The normalized spacial score (nSPS) is 18.0. The average Bonchev–Trinajstić information content (AvgIpc) is 3.10. The second kappa shape index (κ2) is 7.56. The van der Waals surface area contributed by atoms with Crippen molar-refractivity contribution in [2.75, 3.05) is 13.1 Å². The van der Waals surface area contributed by atoms with Gasteiger partial charge in [0, 0.05) is 42.2 Å². The number of piperidine rings is 1. The highest BCUT2D eigenvalue weighted by Gasteiger charge is 2.24. The van der Waals surface area contributed by atoms with E-state index in [0.29, 0.717) is 12.5 Å². The number of aromatic nitrogens is 4. The number of hydrogen-bond donors (Lipinski definition) is 1. The van der Waals surface area contributed by atoms with E-state index >= 15 is 0 Å². The molecule has 1 unspecified atom stereocenters. The van der Waals surface area contributed by atoms with Crippen molar-refractivity contribution in [3.05, 3.63) is 65.1 Å². The van der Waals surface area contributed by atoms with Crippen molar-refractivity contribution >= 4 is 0 Å². The molecule has 0 saturated carbocycles. The lowest BCUT2D eigenvalue weighted by Gasteiger charge is -2.32. The zero-order valence-electron chi connectivity index (χ0n) is 15.7. The van der Waals surface area contributed by atoms with Crippen molar-refractivity contribution in [2.24, 2.45) is 0 Å². The number of H-pyrrole nitrogens is 1. The monoisotopic (exact) mass is 365 g/mol. The molecule has 0 aliphatic carbocycles.